The number of halogens is 1. The smallest absolute Gasteiger partial charge is 0.183 e. The Balaban J connectivity index is 2.06. The van der Waals surface area contributed by atoms with Crippen LogP contribution < -0.4 is 0 Å². The Kier molecular flexibility index (Phi) is 4.88. The van der Waals surface area contributed by atoms with Gasteiger partial charge in [0.05, 0.1) is 22.8 Å². The molecule has 0 bridgehead atoms. The van der Waals surface area contributed by atoms with Crippen LogP contribution in [0.25, 0.3) is 0 Å². The Bertz CT molecular complexity index is 891. The van der Waals surface area contributed by atoms with Gasteiger partial charge in [0.25, 0.3) is 0 Å². The molecule has 25 heavy (non-hydrogen) atoms. The average molecular weight is 376 g/mol. The quantitative estimate of drug-likeness (QED) is 0.769. The van der Waals surface area contributed by atoms with Gasteiger partial charge in [0.2, 0.25) is 0 Å². The van der Waals surface area contributed by atoms with Gasteiger partial charge in [-0.15, -0.1) is 0 Å². The first-order valence-corrected chi connectivity index (χ1v) is 9.93. The fraction of sp³-hybridized carbons (Fsp3) is 0.316. The van der Waals surface area contributed by atoms with E-state index in [-0.39, 0.29) is 11.5 Å². The van der Waals surface area contributed by atoms with Gasteiger partial charge in [0, 0.05) is 17.5 Å². The van der Waals surface area contributed by atoms with Gasteiger partial charge >= 0.3 is 0 Å². The summed E-state index contributed by atoms with van der Waals surface area (Å²) in [6, 6.07) is 17.5. The highest BCUT2D eigenvalue weighted by Crippen LogP contribution is 2.63. The summed E-state index contributed by atoms with van der Waals surface area (Å²) in [6.07, 6.45) is 0. The molecule has 0 spiro atoms. The molecule has 2 aromatic rings. The first kappa shape index (κ1) is 17.9. The predicted molar refractivity (Wildman–Crippen MR) is 96.1 cm³/mol. The minimum absolute atomic E-state index is 0.0873. The molecule has 3 rings (SSSR count). The molecule has 4 nitrogen and oxygen atoms in total. The molecule has 0 unspecified atom stereocenters. The van der Waals surface area contributed by atoms with Crippen LogP contribution >= 0.6 is 11.6 Å². The van der Waals surface area contributed by atoms with Crippen LogP contribution in [0, 0.1) is 16.7 Å². The Morgan fingerprint density at radius 1 is 1.16 bits per heavy atom. The zero-order valence-electron chi connectivity index (χ0n) is 13.7. The van der Waals surface area contributed by atoms with Crippen LogP contribution in [-0.2, 0) is 14.6 Å². The van der Waals surface area contributed by atoms with Gasteiger partial charge in [-0.3, -0.25) is 0 Å². The summed E-state index contributed by atoms with van der Waals surface area (Å²) in [5.41, 5.74) is -0.298. The van der Waals surface area contributed by atoms with Gasteiger partial charge in [-0.05, 0) is 36.8 Å². The molecular weight excluding hydrogens is 358 g/mol. The van der Waals surface area contributed by atoms with Crippen LogP contribution in [0.1, 0.15) is 18.4 Å². The van der Waals surface area contributed by atoms with Crippen LogP contribution in [0.3, 0.4) is 0 Å². The average Bonchev–Trinajstić information content (AvgIpc) is 3.31. The lowest BCUT2D eigenvalue weighted by Gasteiger charge is -2.09. The van der Waals surface area contributed by atoms with Crippen molar-refractivity contribution in [2.75, 3.05) is 13.2 Å². The lowest BCUT2D eigenvalue weighted by atomic mass is 10.0. The van der Waals surface area contributed by atoms with Crippen LogP contribution in [0.2, 0.25) is 5.02 Å². The maximum Gasteiger partial charge on any atom is 0.183 e. The molecule has 1 saturated carbocycles. The molecule has 2 aromatic carbocycles. The fourth-order valence-corrected chi connectivity index (χ4v) is 5.82. The molecular formula is C19H18ClNO3S. The van der Waals surface area contributed by atoms with E-state index in [1.807, 2.05) is 6.92 Å². The second-order valence-electron chi connectivity index (χ2n) is 6.10. The number of nitrogens with zero attached hydrogens (tertiary/aromatic N) is 1. The highest BCUT2D eigenvalue weighted by Gasteiger charge is 2.72. The van der Waals surface area contributed by atoms with Gasteiger partial charge in [-0.2, -0.15) is 5.26 Å². The van der Waals surface area contributed by atoms with Crippen molar-refractivity contribution in [3.05, 3.63) is 65.2 Å². The zero-order valence-corrected chi connectivity index (χ0v) is 15.3. The first-order valence-electron chi connectivity index (χ1n) is 8.01. The summed E-state index contributed by atoms with van der Waals surface area (Å²) in [5, 5.41) is 9.57. The summed E-state index contributed by atoms with van der Waals surface area (Å²) < 4.78 is 31.8. The molecule has 0 aliphatic heterocycles. The number of hydrogen-bond acceptors (Lipinski definition) is 4. The van der Waals surface area contributed by atoms with Gasteiger partial charge in [-0.25, -0.2) is 8.42 Å². The van der Waals surface area contributed by atoms with Crippen molar-refractivity contribution < 1.29 is 13.2 Å². The van der Waals surface area contributed by atoms with E-state index in [4.69, 9.17) is 16.3 Å². The normalized spacial score (nSPS) is 25.3. The molecule has 0 aromatic heterocycles. The third-order valence-electron chi connectivity index (χ3n) is 4.64. The van der Waals surface area contributed by atoms with Crippen LogP contribution in [0.5, 0.6) is 0 Å². The van der Waals surface area contributed by atoms with Gasteiger partial charge < -0.3 is 4.74 Å². The minimum atomic E-state index is -3.66. The van der Waals surface area contributed by atoms with Crippen molar-refractivity contribution in [3.8, 4) is 6.07 Å². The van der Waals surface area contributed by atoms with Crippen molar-refractivity contribution in [2.45, 2.75) is 23.0 Å². The van der Waals surface area contributed by atoms with Crippen molar-refractivity contribution in [1.82, 2.24) is 0 Å². The lowest BCUT2D eigenvalue weighted by molar-refractivity contribution is 0.117. The molecule has 3 atom stereocenters. The van der Waals surface area contributed by atoms with Crippen molar-refractivity contribution in [1.29, 1.82) is 5.26 Å². The maximum absolute atomic E-state index is 13.2. The van der Waals surface area contributed by atoms with Crippen molar-refractivity contribution in [3.63, 3.8) is 0 Å². The molecule has 6 heteroatoms. The predicted octanol–water partition coefficient (Wildman–Crippen LogP) is 3.83. The van der Waals surface area contributed by atoms with Crippen LogP contribution in [0.15, 0.2) is 59.5 Å². The summed E-state index contributed by atoms with van der Waals surface area (Å²) >= 11 is 5.94. The first-order chi connectivity index (χ1) is 12.0. The number of ether oxygens (including phenoxy) is 1. The third kappa shape index (κ3) is 3.06. The standard InChI is InChI=1S/C19H18ClNO3S/c1-2-24-13-19(12-21)17(14-8-10-15(20)11-9-14)18(19)25(22,23)16-6-4-3-5-7-16/h3-11,17-18H,2,13H2,1H3/t17-,18+,19-/m1/s1. The summed E-state index contributed by atoms with van der Waals surface area (Å²) in [4.78, 5) is 0.229. The van der Waals surface area contributed by atoms with E-state index < -0.39 is 26.4 Å². The van der Waals surface area contributed by atoms with Crippen LogP contribution in [-0.4, -0.2) is 26.9 Å². The summed E-state index contributed by atoms with van der Waals surface area (Å²) in [5.74, 6) is -0.438. The topological polar surface area (TPSA) is 67.2 Å². The molecule has 0 heterocycles. The number of rotatable bonds is 6. The Morgan fingerprint density at radius 3 is 2.36 bits per heavy atom. The highest BCUT2D eigenvalue weighted by molar-refractivity contribution is 7.92. The van der Waals surface area contributed by atoms with Gasteiger partial charge in [-0.1, -0.05) is 41.9 Å². The van der Waals surface area contributed by atoms with Crippen molar-refractivity contribution >= 4 is 21.4 Å². The second kappa shape index (κ2) is 6.80. The largest absolute Gasteiger partial charge is 0.380 e. The molecule has 0 radical (unpaired) electrons. The van der Waals surface area contributed by atoms with E-state index in [2.05, 4.69) is 6.07 Å². The van der Waals surface area contributed by atoms with E-state index in [0.717, 1.165) is 5.56 Å². The molecule has 0 amide bonds. The molecule has 0 saturated heterocycles. The molecule has 130 valence electrons. The zero-order chi connectivity index (χ0) is 18.1. The highest BCUT2D eigenvalue weighted by atomic mass is 35.5. The SMILES string of the molecule is CCOC[C@]1(C#N)[C@H](c2ccc(Cl)cc2)[C@@H]1S(=O)(=O)c1ccccc1. The molecule has 1 aliphatic carbocycles. The monoisotopic (exact) mass is 375 g/mol. The second-order valence-corrected chi connectivity index (χ2v) is 8.60. The Morgan fingerprint density at radius 2 is 1.80 bits per heavy atom. The maximum atomic E-state index is 13.2. The molecule has 1 fully saturated rings. The van der Waals surface area contributed by atoms with E-state index in [1.165, 1.54) is 0 Å². The fourth-order valence-electron chi connectivity index (χ4n) is 3.37. The van der Waals surface area contributed by atoms with Crippen LogP contribution in [0.4, 0.5) is 0 Å². The van der Waals surface area contributed by atoms with E-state index in [1.54, 1.807) is 54.6 Å². The molecule has 0 N–H and O–H groups in total. The summed E-state index contributed by atoms with van der Waals surface area (Å²) in [6.45, 7) is 2.34. The Labute approximate surface area is 152 Å². The van der Waals surface area contributed by atoms with E-state index >= 15 is 0 Å². The van der Waals surface area contributed by atoms with Crippen molar-refractivity contribution in [2.24, 2.45) is 5.41 Å². The Hall–Kier alpha value is -1.87. The lowest BCUT2D eigenvalue weighted by Crippen LogP contribution is -2.19. The van der Waals surface area contributed by atoms with Gasteiger partial charge in [0.15, 0.2) is 9.84 Å². The number of sulfone groups is 1. The summed E-state index contributed by atoms with van der Waals surface area (Å²) in [7, 11) is -3.66. The number of nitriles is 1. The van der Waals surface area contributed by atoms with E-state index in [9.17, 15) is 13.7 Å². The minimum Gasteiger partial charge on any atom is -0.380 e. The van der Waals surface area contributed by atoms with E-state index in [0.29, 0.717) is 11.6 Å². The molecule has 1 aliphatic rings. The number of benzene rings is 2. The number of hydrogen-bond donors (Lipinski definition) is 0. The third-order valence-corrected chi connectivity index (χ3v) is 7.19. The van der Waals surface area contributed by atoms with Gasteiger partial charge in [0.1, 0.15) is 5.41 Å².